The largest absolute Gasteiger partial charge is 0.669 e. The fourth-order valence-corrected chi connectivity index (χ4v) is 3.84. The number of aromatic amines is 1. The minimum Gasteiger partial charge on any atom is -0.669 e. The number of hydrogen-bond acceptors (Lipinski definition) is 2. The van der Waals surface area contributed by atoms with Crippen molar-refractivity contribution in [3.05, 3.63) is 53.8 Å². The van der Waals surface area contributed by atoms with E-state index in [9.17, 15) is 4.39 Å². The Morgan fingerprint density at radius 1 is 1.18 bits per heavy atom. The maximum atomic E-state index is 13.5. The summed E-state index contributed by atoms with van der Waals surface area (Å²) < 4.78 is 20.0. The van der Waals surface area contributed by atoms with Crippen LogP contribution in [0.2, 0.25) is 0 Å². The molecule has 1 aliphatic heterocycles. The van der Waals surface area contributed by atoms with Crippen LogP contribution in [-0.4, -0.2) is 22.9 Å². The summed E-state index contributed by atoms with van der Waals surface area (Å²) in [5.74, 6) is 1.07. The summed E-state index contributed by atoms with van der Waals surface area (Å²) in [6, 6.07) is 12.3. The maximum Gasteiger partial charge on any atom is 0.453 e. The fraction of sp³-hybridized carbons (Fsp3) is 0. The normalized spacial score (nSPS) is 16.0. The van der Waals surface area contributed by atoms with E-state index >= 15 is 0 Å². The number of benzene rings is 2. The van der Waals surface area contributed by atoms with Crippen LogP contribution in [0, 0.1) is 5.82 Å². The smallest absolute Gasteiger partial charge is 0.453 e. The molecule has 0 aliphatic carbocycles. The number of fused-ring (bicyclic) bond motifs is 2. The van der Waals surface area contributed by atoms with Crippen molar-refractivity contribution < 1.29 is 13.5 Å². The van der Waals surface area contributed by atoms with Crippen molar-refractivity contribution in [2.75, 3.05) is 0 Å². The van der Waals surface area contributed by atoms with Gasteiger partial charge in [-0.25, -0.2) is 54.1 Å². The Labute approximate surface area is 152 Å². The molecular formula is C14H9BFI2N3O. The molecule has 1 aliphatic rings. The molecule has 1 N–H and O–H groups in total. The second-order valence-electron chi connectivity index (χ2n) is 4.98. The molecule has 0 atom stereocenters. The molecule has 0 bridgehead atoms. The van der Waals surface area contributed by atoms with Crippen LogP contribution < -0.4 is 4.65 Å². The van der Waals surface area contributed by atoms with Crippen LogP contribution in [0.25, 0.3) is 11.0 Å². The maximum absolute atomic E-state index is 13.5. The summed E-state index contributed by atoms with van der Waals surface area (Å²) >= 11 is 4.51. The SMILES string of the molecule is Fc1ccc2c(c1)C=[N+](c1nc3ccccc3[nH]1)[B-](I)(I)O2. The van der Waals surface area contributed by atoms with Gasteiger partial charge in [-0.3, -0.25) is 0 Å². The van der Waals surface area contributed by atoms with Crippen LogP contribution in [0.1, 0.15) is 5.56 Å². The van der Waals surface area contributed by atoms with Gasteiger partial charge in [0.2, 0.25) is 0 Å². The van der Waals surface area contributed by atoms with Gasteiger partial charge in [0.25, 0.3) is 0 Å². The van der Waals surface area contributed by atoms with E-state index in [-0.39, 0.29) is 5.82 Å². The van der Waals surface area contributed by atoms with Crippen molar-refractivity contribution in [2.24, 2.45) is 0 Å². The number of para-hydroxylation sites is 2. The van der Waals surface area contributed by atoms with Gasteiger partial charge in [-0.2, -0.15) is 0 Å². The molecule has 22 heavy (non-hydrogen) atoms. The summed E-state index contributed by atoms with van der Waals surface area (Å²) in [6.07, 6.45) is 1.87. The minimum atomic E-state index is -1.41. The summed E-state index contributed by atoms with van der Waals surface area (Å²) in [7, 11) is 0. The Kier molecular flexibility index (Phi) is 3.40. The lowest BCUT2D eigenvalue weighted by atomic mass is 10.1. The predicted molar refractivity (Wildman–Crippen MR) is 102 cm³/mol. The Morgan fingerprint density at radius 3 is 2.82 bits per heavy atom. The molecule has 0 saturated carbocycles. The topological polar surface area (TPSA) is 40.9 Å². The molecule has 0 spiro atoms. The lowest BCUT2D eigenvalue weighted by Gasteiger charge is -2.36. The highest BCUT2D eigenvalue weighted by Gasteiger charge is 2.35. The third-order valence-corrected chi connectivity index (χ3v) is 5.17. The minimum absolute atomic E-state index is 0.287. The molecule has 0 radical (unpaired) electrons. The molecule has 3 aromatic rings. The van der Waals surface area contributed by atoms with Crippen LogP contribution in [0.15, 0.2) is 42.5 Å². The predicted octanol–water partition coefficient (Wildman–Crippen LogP) is 4.16. The third-order valence-electron chi connectivity index (χ3n) is 3.46. The average molecular weight is 519 g/mol. The Bertz CT molecular complexity index is 892. The first-order valence-electron chi connectivity index (χ1n) is 6.61. The molecule has 2 aromatic carbocycles. The number of H-pyrrole nitrogens is 1. The third kappa shape index (κ3) is 2.41. The quantitative estimate of drug-likeness (QED) is 0.388. The number of imidazole rings is 1. The molecule has 110 valence electrons. The summed E-state index contributed by atoms with van der Waals surface area (Å²) in [6.45, 7) is 0. The monoisotopic (exact) mass is 519 g/mol. The molecule has 8 heteroatoms. The van der Waals surface area contributed by atoms with Gasteiger partial charge in [-0.1, -0.05) is 17.1 Å². The van der Waals surface area contributed by atoms with Crippen LogP contribution >= 0.6 is 44.7 Å². The van der Waals surface area contributed by atoms with E-state index in [2.05, 4.69) is 54.7 Å². The first kappa shape index (κ1) is 14.4. The van der Waals surface area contributed by atoms with E-state index in [1.165, 1.54) is 12.1 Å². The number of halogens is 3. The lowest BCUT2D eigenvalue weighted by Crippen LogP contribution is -2.43. The Morgan fingerprint density at radius 2 is 2.00 bits per heavy atom. The number of aromatic nitrogens is 2. The van der Waals surface area contributed by atoms with Crippen LogP contribution in [-0.2, 0) is 0 Å². The van der Waals surface area contributed by atoms with Gasteiger partial charge < -0.3 is 9.14 Å². The van der Waals surface area contributed by atoms with Crippen molar-refractivity contribution in [1.29, 1.82) is 0 Å². The van der Waals surface area contributed by atoms with E-state index in [4.69, 9.17) is 4.65 Å². The van der Waals surface area contributed by atoms with Crippen molar-refractivity contribution in [3.63, 3.8) is 0 Å². The van der Waals surface area contributed by atoms with Gasteiger partial charge in [-0.15, -0.1) is 0 Å². The first-order valence-corrected chi connectivity index (χ1v) is 9.10. The molecule has 4 nitrogen and oxygen atoms in total. The Balaban J connectivity index is 1.91. The zero-order valence-corrected chi connectivity index (χ0v) is 15.4. The van der Waals surface area contributed by atoms with Crippen molar-refractivity contribution in [1.82, 2.24) is 9.97 Å². The highest BCUT2D eigenvalue weighted by atomic mass is 127. The van der Waals surface area contributed by atoms with Crippen LogP contribution in [0.4, 0.5) is 10.3 Å². The molecule has 0 amide bonds. The fourth-order valence-electron chi connectivity index (χ4n) is 2.44. The molecule has 2 heterocycles. The van der Waals surface area contributed by atoms with Gasteiger partial charge in [0, 0.05) is 11.8 Å². The van der Waals surface area contributed by atoms with Gasteiger partial charge in [0.15, 0.2) is 5.52 Å². The van der Waals surface area contributed by atoms with E-state index < -0.39 is 2.20 Å². The number of rotatable bonds is 1. The second-order valence-corrected chi connectivity index (χ2v) is 10.7. The zero-order valence-electron chi connectivity index (χ0n) is 11.1. The molecule has 0 unspecified atom stereocenters. The zero-order chi connectivity index (χ0) is 15.3. The molecule has 4 rings (SSSR count). The number of nitrogens with zero attached hydrogens (tertiary/aromatic N) is 2. The number of hydrogen-bond donors (Lipinski definition) is 1. The first-order chi connectivity index (χ1) is 10.5. The highest BCUT2D eigenvalue weighted by Crippen LogP contribution is 2.36. The highest BCUT2D eigenvalue weighted by molar-refractivity contribution is 14.3. The van der Waals surface area contributed by atoms with E-state index in [1.807, 2.05) is 35.0 Å². The van der Waals surface area contributed by atoms with Crippen LogP contribution in [0.3, 0.4) is 0 Å². The van der Waals surface area contributed by atoms with Gasteiger partial charge in [-0.05, 0) is 30.3 Å². The molecule has 1 aromatic heterocycles. The number of nitrogens with one attached hydrogen (secondary N) is 1. The van der Waals surface area contributed by atoms with Crippen molar-refractivity contribution >= 4 is 70.1 Å². The van der Waals surface area contributed by atoms with Crippen LogP contribution in [0.5, 0.6) is 5.75 Å². The standard InChI is InChI=1S/C14H9BFI2N3O/c16-10-5-6-13-9(7-10)8-21(15(17,18)22-13)14-19-11-3-1-2-4-12(11)20-14/h1-8H,(H,19,20). The molecule has 0 fully saturated rings. The summed E-state index contributed by atoms with van der Waals surface area (Å²) in [4.78, 5) is 7.88. The van der Waals surface area contributed by atoms with Gasteiger partial charge in [0.1, 0.15) is 11.3 Å². The van der Waals surface area contributed by atoms with Crippen molar-refractivity contribution in [3.8, 4) is 5.75 Å². The molecule has 0 saturated heterocycles. The Hall–Kier alpha value is -1.17. The summed E-state index contributed by atoms with van der Waals surface area (Å²) in [5, 5.41) is 0. The van der Waals surface area contributed by atoms with E-state index in [0.29, 0.717) is 17.3 Å². The van der Waals surface area contributed by atoms with E-state index in [1.54, 1.807) is 6.07 Å². The second kappa shape index (κ2) is 5.19. The van der Waals surface area contributed by atoms with E-state index in [0.717, 1.165) is 11.0 Å². The van der Waals surface area contributed by atoms with Gasteiger partial charge in [0.05, 0.1) is 5.75 Å². The molecular weight excluding hydrogens is 510 g/mol. The summed E-state index contributed by atoms with van der Waals surface area (Å²) in [5.41, 5.74) is 2.54. The average Bonchev–Trinajstić information content (AvgIpc) is 2.90. The van der Waals surface area contributed by atoms with Gasteiger partial charge >= 0.3 is 8.14 Å². The lowest BCUT2D eigenvalue weighted by molar-refractivity contribution is -0.300. The van der Waals surface area contributed by atoms with Crippen molar-refractivity contribution in [2.45, 2.75) is 0 Å².